The fourth-order valence-electron chi connectivity index (χ4n) is 3.95. The predicted molar refractivity (Wildman–Crippen MR) is 129 cm³/mol. The number of halogens is 1. The van der Waals surface area contributed by atoms with Crippen LogP contribution in [0.5, 0.6) is 17.2 Å². The number of phenolic OH excluding ortho intramolecular Hbond substituents is 1. The van der Waals surface area contributed by atoms with Gasteiger partial charge in [-0.05, 0) is 71.2 Å². The topological polar surface area (TPSA) is 99.4 Å². The molecule has 1 atom stereocenters. The molecule has 1 N–H and O–H groups in total. The molecule has 3 heterocycles. The molecule has 0 saturated heterocycles. The van der Waals surface area contributed by atoms with E-state index in [1.165, 1.54) is 15.9 Å². The minimum atomic E-state index is -0.737. The fourth-order valence-corrected chi connectivity index (χ4v) is 5.40. The molecule has 34 heavy (non-hydrogen) atoms. The van der Waals surface area contributed by atoms with Crippen molar-refractivity contribution in [3.63, 3.8) is 0 Å². The highest BCUT2D eigenvalue weighted by Gasteiger charge is 2.34. The number of fused-ring (bicyclic) bond motifs is 2. The van der Waals surface area contributed by atoms with E-state index in [1.54, 1.807) is 50.3 Å². The van der Waals surface area contributed by atoms with Gasteiger partial charge in [0.1, 0.15) is 5.75 Å². The summed E-state index contributed by atoms with van der Waals surface area (Å²) in [5.41, 5.74) is 1.91. The minimum absolute atomic E-state index is 0.108. The number of benzene rings is 2. The Morgan fingerprint density at radius 1 is 1.29 bits per heavy atom. The Hall–Kier alpha value is -3.37. The van der Waals surface area contributed by atoms with E-state index in [0.29, 0.717) is 42.1 Å². The number of aromatic nitrogens is 1. The maximum atomic E-state index is 13.6. The third-order valence-corrected chi connectivity index (χ3v) is 7.12. The Bertz CT molecular complexity index is 1540. The van der Waals surface area contributed by atoms with Crippen molar-refractivity contribution in [2.24, 2.45) is 4.99 Å². The second-order valence-corrected chi connectivity index (χ2v) is 9.49. The van der Waals surface area contributed by atoms with E-state index in [-0.39, 0.29) is 24.7 Å². The Morgan fingerprint density at radius 2 is 2.09 bits per heavy atom. The molecule has 0 radical (unpaired) electrons. The number of phenols is 1. The Morgan fingerprint density at radius 3 is 2.85 bits per heavy atom. The Balaban J connectivity index is 1.72. The molecule has 1 aromatic heterocycles. The fraction of sp³-hybridized carbons (Fsp3) is 0.208. The van der Waals surface area contributed by atoms with Crippen LogP contribution in [0.1, 0.15) is 31.0 Å². The summed E-state index contributed by atoms with van der Waals surface area (Å²) in [6.07, 6.45) is 1.73. The first-order chi connectivity index (χ1) is 16.4. The number of carbonyl (C=O) groups excluding carboxylic acids is 1. The largest absolute Gasteiger partial charge is 0.507 e. The van der Waals surface area contributed by atoms with Crippen molar-refractivity contribution in [1.82, 2.24) is 4.57 Å². The molecule has 5 rings (SSSR count). The zero-order chi connectivity index (χ0) is 24.0. The third-order valence-electron chi connectivity index (χ3n) is 5.50. The van der Waals surface area contributed by atoms with Crippen molar-refractivity contribution in [3.05, 3.63) is 83.0 Å². The molecular weight excluding hydrogens is 524 g/mol. The van der Waals surface area contributed by atoms with Gasteiger partial charge in [0.15, 0.2) is 16.3 Å². The van der Waals surface area contributed by atoms with Crippen LogP contribution in [0, 0.1) is 0 Å². The zero-order valence-electron chi connectivity index (χ0n) is 18.2. The molecule has 0 amide bonds. The van der Waals surface area contributed by atoms with Crippen LogP contribution in [0.2, 0.25) is 0 Å². The second kappa shape index (κ2) is 8.77. The number of allylic oxidation sites excluding steroid dienone is 1. The average molecular weight is 543 g/mol. The maximum Gasteiger partial charge on any atom is 0.338 e. The van der Waals surface area contributed by atoms with Gasteiger partial charge in [0.05, 0.1) is 32.9 Å². The second-order valence-electron chi connectivity index (χ2n) is 7.63. The summed E-state index contributed by atoms with van der Waals surface area (Å²) >= 11 is 4.53. The standard InChI is InChI=1S/C24H19BrN2O6S/c1-3-31-23(30)20-12(2)26-24-27(21(20)14-5-7-17-18(10-14)33-11-32-17)22(29)19(34-24)9-13-4-6-16(28)15(25)8-13/h4-10,21,28H,3,11H2,1-2H3/b19-9-. The molecule has 10 heteroatoms. The van der Waals surface area contributed by atoms with Crippen molar-refractivity contribution < 1.29 is 24.1 Å². The van der Waals surface area contributed by atoms with E-state index < -0.39 is 12.0 Å². The number of carbonyl (C=O) groups is 1. The number of aromatic hydroxyl groups is 1. The molecule has 0 fully saturated rings. The van der Waals surface area contributed by atoms with Crippen LogP contribution in [-0.4, -0.2) is 29.0 Å². The smallest absolute Gasteiger partial charge is 0.338 e. The van der Waals surface area contributed by atoms with Crippen LogP contribution >= 0.6 is 27.3 Å². The van der Waals surface area contributed by atoms with E-state index in [1.807, 2.05) is 6.07 Å². The number of thiazole rings is 1. The van der Waals surface area contributed by atoms with Gasteiger partial charge in [-0.2, -0.15) is 0 Å². The van der Waals surface area contributed by atoms with E-state index in [4.69, 9.17) is 14.2 Å². The van der Waals surface area contributed by atoms with Gasteiger partial charge < -0.3 is 19.3 Å². The molecule has 0 spiro atoms. The minimum Gasteiger partial charge on any atom is -0.507 e. The highest BCUT2D eigenvalue weighted by molar-refractivity contribution is 9.10. The molecule has 0 bridgehead atoms. The molecular formula is C24H19BrN2O6S. The number of rotatable bonds is 4. The number of esters is 1. The number of hydrogen-bond donors (Lipinski definition) is 1. The highest BCUT2D eigenvalue weighted by atomic mass is 79.9. The lowest BCUT2D eigenvalue weighted by molar-refractivity contribution is -0.139. The van der Waals surface area contributed by atoms with Crippen LogP contribution in [0.4, 0.5) is 0 Å². The first-order valence-corrected chi connectivity index (χ1v) is 12.1. The van der Waals surface area contributed by atoms with Gasteiger partial charge in [0.25, 0.3) is 5.56 Å². The van der Waals surface area contributed by atoms with Crippen LogP contribution < -0.4 is 24.4 Å². The molecule has 3 aromatic rings. The van der Waals surface area contributed by atoms with Crippen LogP contribution in [0.3, 0.4) is 0 Å². The summed E-state index contributed by atoms with van der Waals surface area (Å²) < 4.78 is 18.7. The van der Waals surface area contributed by atoms with E-state index in [9.17, 15) is 14.7 Å². The van der Waals surface area contributed by atoms with Gasteiger partial charge >= 0.3 is 5.97 Å². The van der Waals surface area contributed by atoms with Crippen LogP contribution in [-0.2, 0) is 9.53 Å². The molecule has 1 unspecified atom stereocenters. The molecule has 2 aliphatic heterocycles. The van der Waals surface area contributed by atoms with Crippen molar-refractivity contribution in [2.75, 3.05) is 13.4 Å². The zero-order valence-corrected chi connectivity index (χ0v) is 20.6. The van der Waals surface area contributed by atoms with Crippen LogP contribution in [0.25, 0.3) is 6.08 Å². The molecule has 0 aliphatic carbocycles. The molecule has 2 aromatic carbocycles. The number of nitrogens with zero attached hydrogens (tertiary/aromatic N) is 2. The molecule has 0 saturated carbocycles. The van der Waals surface area contributed by atoms with Crippen molar-refractivity contribution in [3.8, 4) is 17.2 Å². The summed E-state index contributed by atoms with van der Waals surface area (Å²) in [7, 11) is 0. The van der Waals surface area contributed by atoms with E-state index in [0.717, 1.165) is 5.56 Å². The highest BCUT2D eigenvalue weighted by Crippen LogP contribution is 2.38. The lowest BCUT2D eigenvalue weighted by Crippen LogP contribution is -2.39. The molecule has 2 aliphatic rings. The normalized spacial score (nSPS) is 16.9. The number of hydrogen-bond acceptors (Lipinski definition) is 8. The van der Waals surface area contributed by atoms with Crippen LogP contribution in [0.15, 0.2) is 61.9 Å². The van der Waals surface area contributed by atoms with Crippen molar-refractivity contribution in [1.29, 1.82) is 0 Å². The monoisotopic (exact) mass is 542 g/mol. The quantitative estimate of drug-likeness (QED) is 0.509. The summed E-state index contributed by atoms with van der Waals surface area (Å²) in [6, 6.07) is 9.59. The van der Waals surface area contributed by atoms with Gasteiger partial charge in [0.2, 0.25) is 6.79 Å². The van der Waals surface area contributed by atoms with Gasteiger partial charge in [-0.25, -0.2) is 9.79 Å². The lowest BCUT2D eigenvalue weighted by atomic mass is 9.95. The summed E-state index contributed by atoms with van der Waals surface area (Å²) in [5, 5.41) is 9.77. The average Bonchev–Trinajstić information content (AvgIpc) is 3.39. The summed E-state index contributed by atoms with van der Waals surface area (Å²) in [4.78, 5) is 31.6. The summed E-state index contributed by atoms with van der Waals surface area (Å²) in [6.45, 7) is 3.78. The van der Waals surface area contributed by atoms with E-state index >= 15 is 0 Å². The Labute approximate surface area is 206 Å². The lowest BCUT2D eigenvalue weighted by Gasteiger charge is -2.24. The van der Waals surface area contributed by atoms with E-state index in [2.05, 4.69) is 20.9 Å². The summed E-state index contributed by atoms with van der Waals surface area (Å²) in [5.74, 6) is 0.734. The number of ether oxygens (including phenoxy) is 3. The molecule has 174 valence electrons. The van der Waals surface area contributed by atoms with Gasteiger partial charge in [0, 0.05) is 0 Å². The molecule has 8 nitrogen and oxygen atoms in total. The van der Waals surface area contributed by atoms with Gasteiger partial charge in [-0.3, -0.25) is 9.36 Å². The van der Waals surface area contributed by atoms with Crippen molar-refractivity contribution in [2.45, 2.75) is 19.9 Å². The van der Waals surface area contributed by atoms with Gasteiger partial charge in [-0.1, -0.05) is 23.5 Å². The third kappa shape index (κ3) is 3.82. The predicted octanol–water partition coefficient (Wildman–Crippen LogP) is 3.00. The van der Waals surface area contributed by atoms with Gasteiger partial charge in [-0.15, -0.1) is 0 Å². The first kappa shape index (κ1) is 22.4. The maximum absolute atomic E-state index is 13.6. The SMILES string of the molecule is CCOC(=O)C1=C(C)N=c2s/c(=C\c3ccc(O)c(Br)c3)c(=O)n2C1c1ccc2c(c1)OCO2. The first-order valence-electron chi connectivity index (χ1n) is 10.4. The van der Waals surface area contributed by atoms with Crippen molar-refractivity contribution >= 4 is 39.3 Å². The Kier molecular flexibility index (Phi) is 5.78.